The van der Waals surface area contributed by atoms with Crippen LogP contribution in [0, 0.1) is 5.82 Å². The molecule has 1 saturated carbocycles. The van der Waals surface area contributed by atoms with Crippen LogP contribution in [-0.2, 0) is 0 Å². The molecule has 0 radical (unpaired) electrons. The topological polar surface area (TPSA) is 37.3 Å². The maximum atomic E-state index is 12.8. The molecule has 0 aromatic heterocycles. The van der Waals surface area contributed by atoms with Crippen molar-refractivity contribution >= 4 is 5.78 Å². The second kappa shape index (κ2) is 4.96. The van der Waals surface area contributed by atoms with Crippen molar-refractivity contribution in [2.45, 2.75) is 44.1 Å². The van der Waals surface area contributed by atoms with Crippen LogP contribution < -0.4 is 0 Å². The number of Topliss-reactive ketones (excluding diaryl/α,β-unsaturated/α-hetero) is 1. The lowest BCUT2D eigenvalue weighted by molar-refractivity contribution is 0.0238. The van der Waals surface area contributed by atoms with E-state index in [4.69, 9.17) is 0 Å². The van der Waals surface area contributed by atoms with Gasteiger partial charge in [-0.2, -0.15) is 0 Å². The van der Waals surface area contributed by atoms with E-state index >= 15 is 0 Å². The lowest BCUT2D eigenvalue weighted by Gasteiger charge is -2.24. The number of carbonyl (C=O) groups is 1. The summed E-state index contributed by atoms with van der Waals surface area (Å²) in [6.45, 7) is 0. The van der Waals surface area contributed by atoms with Crippen LogP contribution >= 0.6 is 0 Å². The molecule has 2 rings (SSSR count). The van der Waals surface area contributed by atoms with Gasteiger partial charge in [0.25, 0.3) is 0 Å². The smallest absolute Gasteiger partial charge is 0.194 e. The lowest BCUT2D eigenvalue weighted by Crippen LogP contribution is -2.38. The molecule has 0 heterocycles. The van der Waals surface area contributed by atoms with Crippen LogP contribution in [0.25, 0.3) is 0 Å². The van der Waals surface area contributed by atoms with Crippen LogP contribution in [0.2, 0.25) is 0 Å². The van der Waals surface area contributed by atoms with E-state index < -0.39 is 5.60 Å². The van der Waals surface area contributed by atoms with Gasteiger partial charge >= 0.3 is 0 Å². The zero-order chi connectivity index (χ0) is 12.3. The van der Waals surface area contributed by atoms with Crippen molar-refractivity contribution in [2.24, 2.45) is 0 Å². The second-order valence-electron chi connectivity index (χ2n) is 4.78. The molecule has 1 aliphatic rings. The van der Waals surface area contributed by atoms with Gasteiger partial charge in [0.1, 0.15) is 11.4 Å². The number of ketones is 1. The number of rotatable bonds is 2. The van der Waals surface area contributed by atoms with Crippen molar-refractivity contribution in [2.75, 3.05) is 0 Å². The maximum Gasteiger partial charge on any atom is 0.194 e. The third kappa shape index (κ3) is 2.72. The fraction of sp³-hybridized carbons (Fsp3) is 0.500. The Morgan fingerprint density at radius 2 is 1.59 bits per heavy atom. The molecule has 2 nitrogen and oxygen atoms in total. The maximum absolute atomic E-state index is 12.8. The zero-order valence-corrected chi connectivity index (χ0v) is 9.79. The molecular formula is C14H17FO2. The van der Waals surface area contributed by atoms with E-state index in [-0.39, 0.29) is 11.6 Å². The molecule has 92 valence electrons. The Balaban J connectivity index is 2.20. The number of hydrogen-bond donors (Lipinski definition) is 1. The number of carbonyl (C=O) groups excluding carboxylic acids is 1. The molecule has 1 fully saturated rings. The first-order valence-corrected chi connectivity index (χ1v) is 6.15. The standard InChI is InChI=1S/C14H17FO2/c15-12-7-5-11(6-8-12)13(16)14(17)9-3-1-2-4-10-14/h5-8,17H,1-4,9-10H2. The lowest BCUT2D eigenvalue weighted by atomic mass is 9.86. The Hall–Kier alpha value is -1.22. The molecule has 0 unspecified atom stereocenters. The summed E-state index contributed by atoms with van der Waals surface area (Å²) in [5.41, 5.74) is -0.843. The summed E-state index contributed by atoms with van der Waals surface area (Å²) in [5.74, 6) is -0.631. The van der Waals surface area contributed by atoms with E-state index in [9.17, 15) is 14.3 Å². The Bertz CT molecular complexity index is 389. The van der Waals surface area contributed by atoms with Gasteiger partial charge in [-0.25, -0.2) is 4.39 Å². The molecule has 0 aliphatic heterocycles. The van der Waals surface area contributed by atoms with Gasteiger partial charge in [-0.3, -0.25) is 4.79 Å². The van der Waals surface area contributed by atoms with E-state index in [0.29, 0.717) is 18.4 Å². The summed E-state index contributed by atoms with van der Waals surface area (Å²) in [4.78, 5) is 12.2. The minimum absolute atomic E-state index is 0.264. The largest absolute Gasteiger partial charge is 0.382 e. The molecule has 1 N–H and O–H groups in total. The van der Waals surface area contributed by atoms with Gasteiger partial charge in [-0.1, -0.05) is 25.7 Å². The first-order valence-electron chi connectivity index (χ1n) is 6.15. The number of halogens is 1. The van der Waals surface area contributed by atoms with Crippen molar-refractivity contribution in [3.63, 3.8) is 0 Å². The summed E-state index contributed by atoms with van der Waals surface area (Å²) < 4.78 is 12.8. The Kier molecular flexibility index (Phi) is 3.57. The van der Waals surface area contributed by atoms with E-state index in [0.717, 1.165) is 25.7 Å². The van der Waals surface area contributed by atoms with Crippen LogP contribution in [0.15, 0.2) is 24.3 Å². The van der Waals surface area contributed by atoms with Crippen molar-refractivity contribution in [1.29, 1.82) is 0 Å². The van der Waals surface area contributed by atoms with Gasteiger partial charge in [-0.15, -0.1) is 0 Å². The quantitative estimate of drug-likeness (QED) is 0.633. The monoisotopic (exact) mass is 236 g/mol. The third-order valence-corrected chi connectivity index (χ3v) is 3.46. The van der Waals surface area contributed by atoms with Gasteiger partial charge in [0.15, 0.2) is 5.78 Å². The minimum Gasteiger partial charge on any atom is -0.382 e. The fourth-order valence-electron chi connectivity index (χ4n) is 2.41. The summed E-state index contributed by atoms with van der Waals surface area (Å²) in [6, 6.07) is 5.40. The van der Waals surface area contributed by atoms with Crippen molar-refractivity contribution in [3.05, 3.63) is 35.6 Å². The van der Waals surface area contributed by atoms with Crippen molar-refractivity contribution in [3.8, 4) is 0 Å². The predicted octanol–water partition coefficient (Wildman–Crippen LogP) is 3.09. The molecule has 1 aliphatic carbocycles. The highest BCUT2D eigenvalue weighted by Gasteiger charge is 2.36. The summed E-state index contributed by atoms with van der Waals surface area (Å²) in [5, 5.41) is 10.4. The van der Waals surface area contributed by atoms with Gasteiger partial charge in [0.05, 0.1) is 0 Å². The van der Waals surface area contributed by atoms with Gasteiger partial charge in [0.2, 0.25) is 0 Å². The average molecular weight is 236 g/mol. The molecule has 0 spiro atoms. The van der Waals surface area contributed by atoms with Crippen molar-refractivity contribution in [1.82, 2.24) is 0 Å². The van der Waals surface area contributed by atoms with E-state index in [1.165, 1.54) is 24.3 Å². The molecule has 3 heteroatoms. The second-order valence-corrected chi connectivity index (χ2v) is 4.78. The molecule has 0 atom stereocenters. The zero-order valence-electron chi connectivity index (χ0n) is 9.79. The third-order valence-electron chi connectivity index (χ3n) is 3.46. The van der Waals surface area contributed by atoms with Gasteiger partial charge in [0, 0.05) is 5.56 Å². The predicted molar refractivity (Wildman–Crippen MR) is 63.4 cm³/mol. The average Bonchev–Trinajstić information content (AvgIpc) is 2.55. The van der Waals surface area contributed by atoms with E-state index in [2.05, 4.69) is 0 Å². The normalized spacial score (nSPS) is 19.6. The Morgan fingerprint density at radius 1 is 1.06 bits per heavy atom. The highest BCUT2D eigenvalue weighted by Crippen LogP contribution is 2.30. The molecule has 0 amide bonds. The van der Waals surface area contributed by atoms with E-state index in [1.807, 2.05) is 0 Å². The van der Waals surface area contributed by atoms with Crippen LogP contribution in [0.3, 0.4) is 0 Å². The Morgan fingerprint density at radius 3 is 2.12 bits per heavy atom. The van der Waals surface area contributed by atoms with Crippen LogP contribution in [0.5, 0.6) is 0 Å². The number of hydrogen-bond acceptors (Lipinski definition) is 2. The van der Waals surface area contributed by atoms with Crippen LogP contribution in [-0.4, -0.2) is 16.5 Å². The number of aliphatic hydroxyl groups is 1. The van der Waals surface area contributed by atoms with Crippen LogP contribution in [0.1, 0.15) is 48.9 Å². The van der Waals surface area contributed by atoms with Gasteiger partial charge < -0.3 is 5.11 Å². The van der Waals surface area contributed by atoms with E-state index in [1.54, 1.807) is 0 Å². The summed E-state index contributed by atoms with van der Waals surface area (Å²) >= 11 is 0. The summed E-state index contributed by atoms with van der Waals surface area (Å²) in [6.07, 6.45) is 4.93. The fourth-order valence-corrected chi connectivity index (χ4v) is 2.41. The minimum atomic E-state index is -1.24. The number of benzene rings is 1. The van der Waals surface area contributed by atoms with Crippen LogP contribution in [0.4, 0.5) is 4.39 Å². The molecule has 0 bridgehead atoms. The van der Waals surface area contributed by atoms with Gasteiger partial charge in [-0.05, 0) is 37.1 Å². The Labute approximate surface area is 100 Å². The highest BCUT2D eigenvalue weighted by atomic mass is 19.1. The highest BCUT2D eigenvalue weighted by molar-refractivity contribution is 6.02. The molecule has 1 aromatic carbocycles. The molecular weight excluding hydrogens is 219 g/mol. The first-order chi connectivity index (χ1) is 8.12. The summed E-state index contributed by atoms with van der Waals surface area (Å²) in [7, 11) is 0. The molecule has 0 saturated heterocycles. The SMILES string of the molecule is O=C(c1ccc(F)cc1)C1(O)CCCCCC1. The first kappa shape index (κ1) is 12.2. The molecule has 1 aromatic rings. The molecule has 17 heavy (non-hydrogen) atoms. The van der Waals surface area contributed by atoms with Crippen molar-refractivity contribution < 1.29 is 14.3 Å².